The van der Waals surface area contributed by atoms with Gasteiger partial charge in [-0.25, -0.2) is 9.29 Å². The van der Waals surface area contributed by atoms with Crippen molar-refractivity contribution in [3.05, 3.63) is 71.3 Å². The summed E-state index contributed by atoms with van der Waals surface area (Å²) in [6.45, 7) is 1.40. The first-order chi connectivity index (χ1) is 18.7. The zero-order chi connectivity index (χ0) is 27.7. The molecule has 5 unspecified atom stereocenters. The summed E-state index contributed by atoms with van der Waals surface area (Å²) < 4.78 is 40.1. The van der Waals surface area contributed by atoms with Gasteiger partial charge < -0.3 is 14.6 Å². The maximum Gasteiger partial charge on any atom is 0.240 e. The van der Waals surface area contributed by atoms with Crippen molar-refractivity contribution in [1.82, 2.24) is 0 Å². The number of benzene rings is 3. The lowest BCUT2D eigenvalue weighted by Gasteiger charge is -2.33. The van der Waals surface area contributed by atoms with Gasteiger partial charge in [0.1, 0.15) is 11.7 Å². The molecule has 2 amide bonds. The number of carbonyl (C=O) groups excluding carboxylic acids is 2. The molecule has 6 rings (SSSR count). The number of amides is 2. The molecule has 39 heavy (non-hydrogen) atoms. The molecule has 3 saturated heterocycles. The molecule has 3 aliphatic heterocycles. The van der Waals surface area contributed by atoms with Gasteiger partial charge in [-0.3, -0.25) is 9.59 Å². The Balaban J connectivity index is 1.34. The number of aliphatic hydroxyl groups is 1. The van der Waals surface area contributed by atoms with Gasteiger partial charge in [-0.15, -0.1) is 0 Å². The van der Waals surface area contributed by atoms with Gasteiger partial charge in [-0.05, 0) is 31.2 Å². The van der Waals surface area contributed by atoms with Crippen molar-refractivity contribution in [2.45, 2.75) is 37.1 Å². The third-order valence-corrected chi connectivity index (χ3v) is 8.33. The van der Waals surface area contributed by atoms with Gasteiger partial charge in [0.15, 0.2) is 11.6 Å². The minimum Gasteiger partial charge on any atom is -0.490 e. The number of hydrogen-bond donors (Lipinski definition) is 1. The van der Waals surface area contributed by atoms with Crippen LogP contribution in [0.2, 0.25) is 0 Å². The molecule has 0 aromatic heterocycles. The van der Waals surface area contributed by atoms with Crippen molar-refractivity contribution in [3.8, 4) is 17.9 Å². The second-order valence-electron chi connectivity index (χ2n) is 10.3. The maximum absolute atomic E-state index is 14.4. The van der Waals surface area contributed by atoms with Gasteiger partial charge in [0.05, 0.1) is 53.0 Å². The molecule has 0 radical (unpaired) electrons. The number of imide groups is 1. The zero-order valence-electron chi connectivity index (χ0n) is 20.6. The summed E-state index contributed by atoms with van der Waals surface area (Å²) in [6.07, 6.45) is -0.973. The van der Waals surface area contributed by atoms with Gasteiger partial charge in [-0.1, -0.05) is 24.3 Å². The summed E-state index contributed by atoms with van der Waals surface area (Å²) in [5.41, 5.74) is -2.32. The third kappa shape index (κ3) is 3.32. The van der Waals surface area contributed by atoms with Crippen LogP contribution in [0.4, 0.5) is 14.5 Å². The lowest BCUT2D eigenvalue weighted by molar-refractivity contribution is -0.134. The highest BCUT2D eigenvalue weighted by molar-refractivity contribution is 6.26. The number of fused-ring (bicyclic) bond motifs is 6. The minimum atomic E-state index is -1.33. The quantitative estimate of drug-likeness (QED) is 0.500. The summed E-state index contributed by atoms with van der Waals surface area (Å²) in [5, 5.41) is 30.5. The third-order valence-electron chi connectivity index (χ3n) is 8.33. The predicted molar refractivity (Wildman–Crippen MR) is 132 cm³/mol. The molecular formula is C29H21F2N3O5. The van der Waals surface area contributed by atoms with E-state index in [1.165, 1.54) is 0 Å². The van der Waals surface area contributed by atoms with E-state index in [9.17, 15) is 28.7 Å². The highest BCUT2D eigenvalue weighted by Gasteiger charge is 2.77. The highest BCUT2D eigenvalue weighted by Crippen LogP contribution is 2.62. The lowest BCUT2D eigenvalue weighted by Crippen LogP contribution is -2.49. The summed E-state index contributed by atoms with van der Waals surface area (Å²) in [4.78, 5) is 28.9. The van der Waals surface area contributed by atoms with Gasteiger partial charge in [-0.2, -0.15) is 14.9 Å². The second-order valence-corrected chi connectivity index (χ2v) is 10.3. The van der Waals surface area contributed by atoms with E-state index in [1.54, 1.807) is 49.4 Å². The molecule has 0 spiro atoms. The number of hydrogen-bond acceptors (Lipinski definition) is 7. The Morgan fingerprint density at radius 3 is 2.38 bits per heavy atom. The molecule has 5 atom stereocenters. The van der Waals surface area contributed by atoms with E-state index in [2.05, 4.69) is 6.07 Å². The van der Waals surface area contributed by atoms with E-state index in [1.807, 2.05) is 0 Å². The van der Waals surface area contributed by atoms with Crippen molar-refractivity contribution in [2.24, 2.45) is 11.8 Å². The molecule has 3 aromatic rings. The number of anilines is 1. The maximum atomic E-state index is 14.4. The lowest BCUT2D eigenvalue weighted by atomic mass is 9.66. The first-order valence-corrected chi connectivity index (χ1v) is 12.4. The normalized spacial score (nSPS) is 29.0. The number of rotatable bonds is 5. The minimum absolute atomic E-state index is 0.0167. The van der Waals surface area contributed by atoms with Crippen LogP contribution < -0.4 is 9.64 Å². The Hall–Kier alpha value is -4.38. The van der Waals surface area contributed by atoms with Crippen LogP contribution >= 0.6 is 0 Å². The predicted octanol–water partition coefficient (Wildman–Crippen LogP) is 3.73. The van der Waals surface area contributed by atoms with Crippen molar-refractivity contribution in [2.75, 3.05) is 11.5 Å². The molecule has 0 aliphatic carbocycles. The summed E-state index contributed by atoms with van der Waals surface area (Å²) in [7, 11) is 0. The van der Waals surface area contributed by atoms with Crippen LogP contribution in [0.3, 0.4) is 0 Å². The van der Waals surface area contributed by atoms with E-state index in [4.69, 9.17) is 14.7 Å². The average molecular weight is 529 g/mol. The number of nitrogens with zero attached hydrogens (tertiary/aromatic N) is 3. The molecule has 3 heterocycles. The van der Waals surface area contributed by atoms with Crippen LogP contribution in [-0.4, -0.2) is 40.8 Å². The van der Waals surface area contributed by atoms with Gasteiger partial charge in [0.25, 0.3) is 0 Å². The van der Waals surface area contributed by atoms with E-state index < -0.39 is 63.9 Å². The van der Waals surface area contributed by atoms with Gasteiger partial charge >= 0.3 is 0 Å². The van der Waals surface area contributed by atoms with Crippen LogP contribution in [0.1, 0.15) is 30.9 Å². The number of nitriles is 2. The molecule has 8 nitrogen and oxygen atoms in total. The Labute approximate surface area is 221 Å². The van der Waals surface area contributed by atoms with Crippen molar-refractivity contribution in [1.29, 1.82) is 10.5 Å². The number of aliphatic hydroxyl groups excluding tert-OH is 1. The van der Waals surface area contributed by atoms with E-state index in [-0.39, 0.29) is 19.4 Å². The number of ether oxygens (including phenoxy) is 2. The molecule has 196 valence electrons. The number of carbonyl (C=O) groups is 2. The molecule has 1 N–H and O–H groups in total. The van der Waals surface area contributed by atoms with Gasteiger partial charge in [0.2, 0.25) is 17.6 Å². The summed E-state index contributed by atoms with van der Waals surface area (Å²) >= 11 is 0. The fraction of sp³-hybridized carbons (Fsp3) is 0.310. The SMILES string of the molecule is CC12OC(CCOc3ccc(C#N)c(F)c3F)(CC1O)C1C(=O)N(c3ccc(C#N)c4ccccc34)C(=O)C12. The summed E-state index contributed by atoms with van der Waals surface area (Å²) in [5.74, 6) is -5.94. The fourth-order valence-corrected chi connectivity index (χ4v) is 6.50. The number of halogens is 2. The average Bonchev–Trinajstić information content (AvgIpc) is 3.47. The fourth-order valence-electron chi connectivity index (χ4n) is 6.50. The topological polar surface area (TPSA) is 124 Å². The Bertz CT molecular complexity index is 1660. The van der Waals surface area contributed by atoms with Crippen LogP contribution in [0, 0.1) is 46.1 Å². The van der Waals surface area contributed by atoms with Crippen LogP contribution in [0.25, 0.3) is 10.8 Å². The Kier molecular flexibility index (Phi) is 5.48. The van der Waals surface area contributed by atoms with Crippen molar-refractivity contribution < 1.29 is 33.0 Å². The molecule has 3 aromatic carbocycles. The van der Waals surface area contributed by atoms with Crippen molar-refractivity contribution in [3.63, 3.8) is 0 Å². The van der Waals surface area contributed by atoms with E-state index in [0.717, 1.165) is 17.0 Å². The summed E-state index contributed by atoms with van der Waals surface area (Å²) in [6, 6.07) is 16.0. The van der Waals surface area contributed by atoms with Gasteiger partial charge in [0, 0.05) is 23.6 Å². The van der Waals surface area contributed by atoms with E-state index in [0.29, 0.717) is 22.0 Å². The molecule has 10 heteroatoms. The molecule has 3 fully saturated rings. The monoisotopic (exact) mass is 529 g/mol. The van der Waals surface area contributed by atoms with Crippen LogP contribution in [-0.2, 0) is 14.3 Å². The zero-order valence-corrected chi connectivity index (χ0v) is 20.6. The molecular weight excluding hydrogens is 508 g/mol. The van der Waals surface area contributed by atoms with Crippen LogP contribution in [0.15, 0.2) is 48.5 Å². The highest BCUT2D eigenvalue weighted by atomic mass is 19.2. The van der Waals surface area contributed by atoms with E-state index >= 15 is 0 Å². The Morgan fingerprint density at radius 2 is 1.67 bits per heavy atom. The Morgan fingerprint density at radius 1 is 1.00 bits per heavy atom. The standard InChI is InChI=1S/C29H21F2N3O5/c1-28-21(35)12-29(39-28,10-11-38-20-9-7-16(14-33)24(30)25(20)31)23-22(28)26(36)34(27(23)37)19-8-6-15(13-32)17-4-2-3-5-18(17)19/h2-9,21-23,35H,10-12H2,1H3. The molecule has 3 aliphatic rings. The first kappa shape index (κ1) is 24.9. The van der Waals surface area contributed by atoms with Crippen molar-refractivity contribution >= 4 is 28.3 Å². The smallest absolute Gasteiger partial charge is 0.240 e. The largest absolute Gasteiger partial charge is 0.490 e. The molecule has 0 saturated carbocycles. The first-order valence-electron chi connectivity index (χ1n) is 12.4. The second kappa shape index (κ2) is 8.57. The van der Waals surface area contributed by atoms with Crippen LogP contribution in [0.5, 0.6) is 5.75 Å². The molecule has 2 bridgehead atoms.